The molecule has 0 fully saturated rings. The number of ether oxygens (including phenoxy) is 1. The minimum Gasteiger partial charge on any atom is -0.383 e. The van der Waals surface area contributed by atoms with E-state index in [1.54, 1.807) is 18.4 Å². The summed E-state index contributed by atoms with van der Waals surface area (Å²) in [6, 6.07) is 3.91. The lowest BCUT2D eigenvalue weighted by Crippen LogP contribution is -2.36. The molecule has 5 heteroatoms. The number of rotatable bonds is 5. The van der Waals surface area contributed by atoms with Gasteiger partial charge in [0.1, 0.15) is 5.00 Å². The SMILES string of the molecule is COCC(C)NC(=O)c1c(-n2cccc2)sc(C)c1C. The minimum atomic E-state index is -0.0416. The normalized spacial score (nSPS) is 12.4. The monoisotopic (exact) mass is 292 g/mol. The summed E-state index contributed by atoms with van der Waals surface area (Å²) < 4.78 is 7.05. The van der Waals surface area contributed by atoms with Crippen molar-refractivity contribution in [2.24, 2.45) is 0 Å². The topological polar surface area (TPSA) is 43.3 Å². The van der Waals surface area contributed by atoms with Crippen molar-refractivity contribution in [3.8, 4) is 5.00 Å². The van der Waals surface area contributed by atoms with E-state index in [1.807, 2.05) is 49.9 Å². The molecule has 1 amide bonds. The molecule has 0 aliphatic heterocycles. The molecule has 1 N–H and O–H groups in total. The lowest BCUT2D eigenvalue weighted by Gasteiger charge is -2.14. The number of aromatic nitrogens is 1. The first-order chi connectivity index (χ1) is 9.54. The van der Waals surface area contributed by atoms with Crippen LogP contribution in [-0.4, -0.2) is 30.2 Å². The molecule has 0 saturated carbocycles. The van der Waals surface area contributed by atoms with Crippen molar-refractivity contribution >= 4 is 17.2 Å². The van der Waals surface area contributed by atoms with Gasteiger partial charge in [0.25, 0.3) is 5.91 Å². The van der Waals surface area contributed by atoms with Crippen molar-refractivity contribution in [3.63, 3.8) is 0 Å². The second kappa shape index (κ2) is 6.24. The molecule has 2 aromatic heterocycles. The Morgan fingerprint density at radius 3 is 2.65 bits per heavy atom. The van der Waals surface area contributed by atoms with E-state index < -0.39 is 0 Å². The van der Waals surface area contributed by atoms with E-state index in [1.165, 1.54) is 4.88 Å². The zero-order chi connectivity index (χ0) is 14.7. The molecule has 0 aliphatic carbocycles. The lowest BCUT2D eigenvalue weighted by molar-refractivity contribution is 0.0905. The van der Waals surface area contributed by atoms with Crippen LogP contribution in [0.3, 0.4) is 0 Å². The van der Waals surface area contributed by atoms with Crippen molar-refractivity contribution < 1.29 is 9.53 Å². The first-order valence-electron chi connectivity index (χ1n) is 6.57. The predicted molar refractivity (Wildman–Crippen MR) is 81.9 cm³/mol. The highest BCUT2D eigenvalue weighted by atomic mass is 32.1. The van der Waals surface area contributed by atoms with Gasteiger partial charge in [-0.3, -0.25) is 4.79 Å². The van der Waals surface area contributed by atoms with Gasteiger partial charge >= 0.3 is 0 Å². The molecule has 0 spiro atoms. The number of carbonyl (C=O) groups is 1. The zero-order valence-corrected chi connectivity index (χ0v) is 13.1. The molecular weight excluding hydrogens is 272 g/mol. The fourth-order valence-corrected chi connectivity index (χ4v) is 3.24. The highest BCUT2D eigenvalue weighted by Gasteiger charge is 2.21. The number of aryl methyl sites for hydroxylation is 1. The quantitative estimate of drug-likeness (QED) is 0.921. The number of hydrogen-bond acceptors (Lipinski definition) is 3. The number of carbonyl (C=O) groups excluding carboxylic acids is 1. The highest BCUT2D eigenvalue weighted by Crippen LogP contribution is 2.30. The molecule has 1 atom stereocenters. The van der Waals surface area contributed by atoms with Crippen molar-refractivity contribution in [3.05, 3.63) is 40.5 Å². The van der Waals surface area contributed by atoms with Crippen molar-refractivity contribution in [2.45, 2.75) is 26.8 Å². The molecule has 0 bridgehead atoms. The van der Waals surface area contributed by atoms with E-state index in [9.17, 15) is 4.79 Å². The molecule has 2 heterocycles. The Balaban J connectivity index is 2.33. The summed E-state index contributed by atoms with van der Waals surface area (Å²) in [5, 5.41) is 3.95. The van der Waals surface area contributed by atoms with Crippen LogP contribution >= 0.6 is 11.3 Å². The Morgan fingerprint density at radius 1 is 1.40 bits per heavy atom. The van der Waals surface area contributed by atoms with E-state index in [0.717, 1.165) is 16.1 Å². The van der Waals surface area contributed by atoms with Gasteiger partial charge in [-0.15, -0.1) is 11.3 Å². The van der Waals surface area contributed by atoms with E-state index in [4.69, 9.17) is 4.74 Å². The Kier molecular flexibility index (Phi) is 4.62. The molecule has 2 aromatic rings. The van der Waals surface area contributed by atoms with Gasteiger partial charge in [0.15, 0.2) is 0 Å². The molecular formula is C15H20N2O2S. The number of nitrogens with zero attached hydrogens (tertiary/aromatic N) is 1. The second-order valence-corrected chi connectivity index (χ2v) is 6.09. The summed E-state index contributed by atoms with van der Waals surface area (Å²) in [7, 11) is 1.63. The molecule has 0 aromatic carbocycles. The number of methoxy groups -OCH3 is 1. The molecule has 20 heavy (non-hydrogen) atoms. The third-order valence-electron chi connectivity index (χ3n) is 3.23. The van der Waals surface area contributed by atoms with Gasteiger partial charge in [-0.25, -0.2) is 0 Å². The zero-order valence-electron chi connectivity index (χ0n) is 12.3. The van der Waals surface area contributed by atoms with Crippen LogP contribution in [0.4, 0.5) is 0 Å². The Labute approximate surface area is 123 Å². The van der Waals surface area contributed by atoms with Gasteiger partial charge in [0, 0.05) is 30.4 Å². The molecule has 0 aliphatic rings. The maximum atomic E-state index is 12.5. The largest absolute Gasteiger partial charge is 0.383 e. The average molecular weight is 292 g/mol. The molecule has 0 saturated heterocycles. The number of hydrogen-bond donors (Lipinski definition) is 1. The molecule has 1 unspecified atom stereocenters. The van der Waals surface area contributed by atoms with Gasteiger partial charge < -0.3 is 14.6 Å². The van der Waals surface area contributed by atoms with Crippen LogP contribution in [-0.2, 0) is 4.74 Å². The van der Waals surface area contributed by atoms with E-state index in [-0.39, 0.29) is 11.9 Å². The summed E-state index contributed by atoms with van der Waals surface area (Å²) in [6.07, 6.45) is 3.92. The molecule has 108 valence electrons. The maximum absolute atomic E-state index is 12.5. The molecule has 0 radical (unpaired) electrons. The standard InChI is InChI=1S/C15H20N2O2S/c1-10(9-19-4)16-14(18)13-11(2)12(3)20-15(13)17-7-5-6-8-17/h5-8,10H,9H2,1-4H3,(H,16,18). The number of nitrogens with one attached hydrogen (secondary N) is 1. The maximum Gasteiger partial charge on any atom is 0.254 e. The number of thiophene rings is 1. The third kappa shape index (κ3) is 2.94. The first-order valence-corrected chi connectivity index (χ1v) is 7.39. The van der Waals surface area contributed by atoms with Crippen molar-refractivity contribution in [2.75, 3.05) is 13.7 Å². The first kappa shape index (κ1) is 14.8. The highest BCUT2D eigenvalue weighted by molar-refractivity contribution is 7.15. The predicted octanol–water partition coefficient (Wildman–Crippen LogP) is 2.92. The number of amides is 1. The van der Waals surface area contributed by atoms with Gasteiger partial charge in [-0.1, -0.05) is 0 Å². The summed E-state index contributed by atoms with van der Waals surface area (Å²) in [5.41, 5.74) is 1.80. The minimum absolute atomic E-state index is 0.00961. The van der Waals surface area contributed by atoms with Crippen LogP contribution in [0.2, 0.25) is 0 Å². The van der Waals surface area contributed by atoms with Crippen molar-refractivity contribution in [1.82, 2.24) is 9.88 Å². The Morgan fingerprint density at radius 2 is 2.05 bits per heavy atom. The van der Waals surface area contributed by atoms with Crippen LogP contribution in [0.1, 0.15) is 27.7 Å². The Hall–Kier alpha value is -1.59. The van der Waals surface area contributed by atoms with Gasteiger partial charge in [0.2, 0.25) is 0 Å². The van der Waals surface area contributed by atoms with Gasteiger partial charge in [0.05, 0.1) is 12.2 Å². The van der Waals surface area contributed by atoms with Crippen LogP contribution in [0.25, 0.3) is 5.00 Å². The lowest BCUT2D eigenvalue weighted by atomic mass is 10.1. The van der Waals surface area contributed by atoms with Crippen LogP contribution in [0.15, 0.2) is 24.5 Å². The van der Waals surface area contributed by atoms with Gasteiger partial charge in [-0.2, -0.15) is 0 Å². The van der Waals surface area contributed by atoms with E-state index in [0.29, 0.717) is 6.61 Å². The van der Waals surface area contributed by atoms with Crippen LogP contribution in [0, 0.1) is 13.8 Å². The van der Waals surface area contributed by atoms with Crippen molar-refractivity contribution in [1.29, 1.82) is 0 Å². The van der Waals surface area contributed by atoms with Gasteiger partial charge in [-0.05, 0) is 38.5 Å². The summed E-state index contributed by atoms with van der Waals surface area (Å²) in [4.78, 5) is 13.7. The summed E-state index contributed by atoms with van der Waals surface area (Å²) >= 11 is 1.64. The third-order valence-corrected chi connectivity index (χ3v) is 4.45. The van der Waals surface area contributed by atoms with Crippen LogP contribution < -0.4 is 5.32 Å². The average Bonchev–Trinajstić information content (AvgIpc) is 2.99. The molecule has 4 nitrogen and oxygen atoms in total. The van der Waals surface area contributed by atoms with E-state index >= 15 is 0 Å². The summed E-state index contributed by atoms with van der Waals surface area (Å²) in [6.45, 7) is 6.48. The smallest absolute Gasteiger partial charge is 0.254 e. The summed E-state index contributed by atoms with van der Waals surface area (Å²) in [5.74, 6) is -0.0416. The Bertz CT molecular complexity index is 587. The van der Waals surface area contributed by atoms with E-state index in [2.05, 4.69) is 5.32 Å². The second-order valence-electron chi connectivity index (χ2n) is 4.88. The molecule has 2 rings (SSSR count). The fourth-order valence-electron chi connectivity index (χ4n) is 2.12. The van der Waals surface area contributed by atoms with Crippen LogP contribution in [0.5, 0.6) is 0 Å². The fraction of sp³-hybridized carbons (Fsp3) is 0.400.